The van der Waals surface area contributed by atoms with Crippen molar-refractivity contribution in [2.75, 3.05) is 5.75 Å². The average molecular weight is 643 g/mol. The topological polar surface area (TPSA) is 132 Å². The van der Waals surface area contributed by atoms with Gasteiger partial charge in [-0.05, 0) is 58.9 Å². The molecule has 3 atom stereocenters. The van der Waals surface area contributed by atoms with E-state index in [2.05, 4.69) is 11.4 Å². The predicted octanol–water partition coefficient (Wildman–Crippen LogP) is 6.08. The maximum Gasteiger partial charge on any atom is 0.303 e. The van der Waals surface area contributed by atoms with Gasteiger partial charge in [-0.2, -0.15) is 4.73 Å². The van der Waals surface area contributed by atoms with E-state index in [9.17, 15) is 19.9 Å². The van der Waals surface area contributed by atoms with Crippen molar-refractivity contribution in [3.05, 3.63) is 125 Å². The zero-order valence-corrected chi connectivity index (χ0v) is 26.2. The summed E-state index contributed by atoms with van der Waals surface area (Å²) in [4.78, 5) is 22.9. The average Bonchev–Trinajstić information content (AvgIpc) is 3.09. The monoisotopic (exact) mass is 642 g/mol. The Kier molecular flexibility index (Phi) is 11.8. The highest BCUT2D eigenvalue weighted by atomic mass is 32.2. The molecule has 0 bridgehead atoms. The van der Waals surface area contributed by atoms with Crippen molar-refractivity contribution in [3.63, 3.8) is 0 Å². The molecule has 0 radical (unpaired) electrons. The molecule has 1 fully saturated rings. The Morgan fingerprint density at radius 2 is 1.63 bits per heavy atom. The number of nitrogens with zero attached hydrogens (tertiary/aromatic N) is 1. The Morgan fingerprint density at radius 1 is 0.870 bits per heavy atom. The highest BCUT2D eigenvalue weighted by Gasteiger charge is 2.33. The van der Waals surface area contributed by atoms with Crippen LogP contribution in [0.2, 0.25) is 0 Å². The van der Waals surface area contributed by atoms with Gasteiger partial charge in [-0.3, -0.25) is 9.59 Å². The van der Waals surface area contributed by atoms with Gasteiger partial charge in [0.05, 0.1) is 18.8 Å². The molecule has 1 aromatic heterocycles. The second kappa shape index (κ2) is 16.4. The normalized spacial score (nSPS) is 17.8. The molecule has 1 saturated heterocycles. The van der Waals surface area contributed by atoms with Crippen molar-refractivity contribution in [2.24, 2.45) is 0 Å². The highest BCUT2D eigenvalue weighted by molar-refractivity contribution is 7.99. The largest absolute Gasteiger partial charge is 0.618 e. The summed E-state index contributed by atoms with van der Waals surface area (Å²) in [7, 11) is 0. The number of carboxylic acids is 1. The Hall–Kier alpha value is -4.22. The van der Waals surface area contributed by atoms with Gasteiger partial charge >= 0.3 is 5.97 Å². The van der Waals surface area contributed by atoms with Crippen LogP contribution in [0.3, 0.4) is 0 Å². The molecule has 46 heavy (non-hydrogen) atoms. The summed E-state index contributed by atoms with van der Waals surface area (Å²) < 4.78 is 13.9. The van der Waals surface area contributed by atoms with Crippen molar-refractivity contribution < 1.29 is 34.0 Å². The summed E-state index contributed by atoms with van der Waals surface area (Å²) in [6.45, 7) is 0.346. The van der Waals surface area contributed by atoms with Crippen LogP contribution in [0.1, 0.15) is 66.8 Å². The van der Waals surface area contributed by atoms with E-state index < -0.39 is 12.3 Å². The first-order chi connectivity index (χ1) is 22.4. The number of ether oxygens (including phenoxy) is 2. The summed E-state index contributed by atoms with van der Waals surface area (Å²) >= 11 is 1.45. The molecule has 10 heteroatoms. The number of amides is 1. The third-order valence-electron chi connectivity index (χ3n) is 7.77. The van der Waals surface area contributed by atoms with E-state index >= 15 is 0 Å². The van der Waals surface area contributed by atoms with Crippen molar-refractivity contribution in [1.82, 2.24) is 5.32 Å². The molecule has 1 aliphatic rings. The van der Waals surface area contributed by atoms with Crippen LogP contribution in [0.25, 0.3) is 11.1 Å². The van der Waals surface area contributed by atoms with E-state index in [-0.39, 0.29) is 31.1 Å². The number of aliphatic hydroxyl groups is 1. The van der Waals surface area contributed by atoms with Gasteiger partial charge in [0.15, 0.2) is 12.5 Å². The molecule has 3 aromatic carbocycles. The number of benzene rings is 3. The fourth-order valence-corrected chi connectivity index (χ4v) is 6.24. The molecule has 0 spiro atoms. The molecular weight excluding hydrogens is 604 g/mol. The first-order valence-corrected chi connectivity index (χ1v) is 16.4. The number of thioether (sulfide) groups is 1. The number of aliphatic hydroxyl groups excluding tert-OH is 1. The molecule has 0 aliphatic carbocycles. The lowest BCUT2D eigenvalue weighted by Gasteiger charge is -2.36. The number of hydrogen-bond acceptors (Lipinski definition) is 7. The van der Waals surface area contributed by atoms with Gasteiger partial charge in [-0.15, -0.1) is 0 Å². The quantitative estimate of drug-likeness (QED) is 0.0653. The van der Waals surface area contributed by atoms with Gasteiger partial charge in [0.1, 0.15) is 0 Å². The minimum Gasteiger partial charge on any atom is -0.618 e. The lowest BCUT2D eigenvalue weighted by Crippen LogP contribution is -2.32. The van der Waals surface area contributed by atoms with Gasteiger partial charge in [0.2, 0.25) is 5.91 Å². The second-order valence-corrected chi connectivity index (χ2v) is 12.3. The maximum atomic E-state index is 12.3. The van der Waals surface area contributed by atoms with Crippen molar-refractivity contribution in [3.8, 4) is 11.1 Å². The zero-order chi connectivity index (χ0) is 32.3. The number of pyridine rings is 1. The third kappa shape index (κ3) is 9.40. The molecule has 3 N–H and O–H groups in total. The van der Waals surface area contributed by atoms with E-state index in [0.717, 1.165) is 38.1 Å². The smallest absolute Gasteiger partial charge is 0.303 e. The summed E-state index contributed by atoms with van der Waals surface area (Å²) in [6.07, 6.45) is 2.41. The van der Waals surface area contributed by atoms with Gasteiger partial charge < -0.3 is 30.2 Å². The number of nitrogens with one attached hydrogen (secondary N) is 1. The first-order valence-electron chi connectivity index (χ1n) is 15.4. The van der Waals surface area contributed by atoms with Crippen LogP contribution in [0.4, 0.5) is 0 Å². The van der Waals surface area contributed by atoms with Gasteiger partial charge in [0.25, 0.3) is 5.03 Å². The molecule has 2 heterocycles. The molecule has 1 aliphatic heterocycles. The van der Waals surface area contributed by atoms with Crippen molar-refractivity contribution in [1.29, 1.82) is 0 Å². The van der Waals surface area contributed by atoms with E-state index in [1.807, 2.05) is 72.8 Å². The molecule has 4 aromatic rings. The summed E-state index contributed by atoms with van der Waals surface area (Å²) in [5.41, 5.74) is 5.59. The Morgan fingerprint density at radius 3 is 2.39 bits per heavy atom. The second-order valence-electron chi connectivity index (χ2n) is 11.2. The molecule has 240 valence electrons. The van der Waals surface area contributed by atoms with Gasteiger partial charge in [0, 0.05) is 49.3 Å². The molecule has 1 amide bonds. The number of hydrogen-bond donors (Lipinski definition) is 3. The maximum absolute atomic E-state index is 12.3. The van der Waals surface area contributed by atoms with Crippen LogP contribution in [0, 0.1) is 5.21 Å². The number of aliphatic carboxylic acids is 1. The van der Waals surface area contributed by atoms with Crippen LogP contribution in [0.5, 0.6) is 0 Å². The number of unbranched alkanes of at least 4 members (excludes halogenated alkanes) is 1. The van der Waals surface area contributed by atoms with Crippen LogP contribution in [0.15, 0.2) is 102 Å². The number of rotatable bonds is 14. The minimum atomic E-state index is -0.851. The fraction of sp³-hybridized carbons (Fsp3) is 0.306. The summed E-state index contributed by atoms with van der Waals surface area (Å²) in [5, 5.41) is 34.0. The predicted molar refractivity (Wildman–Crippen MR) is 174 cm³/mol. The van der Waals surface area contributed by atoms with Gasteiger partial charge in [-0.25, -0.2) is 0 Å². The van der Waals surface area contributed by atoms with Gasteiger partial charge in [-0.1, -0.05) is 72.4 Å². The number of carboxylic acid groups (broad SMARTS) is 1. The highest BCUT2D eigenvalue weighted by Crippen LogP contribution is 2.40. The molecule has 9 nitrogen and oxygen atoms in total. The minimum absolute atomic E-state index is 0.0297. The van der Waals surface area contributed by atoms with E-state index in [1.165, 1.54) is 18.0 Å². The van der Waals surface area contributed by atoms with Crippen LogP contribution >= 0.6 is 11.8 Å². The van der Waals surface area contributed by atoms with Crippen LogP contribution in [-0.2, 0) is 32.2 Å². The summed E-state index contributed by atoms with van der Waals surface area (Å²) in [6, 6.07) is 29.1. The standard InChI is InChI=1S/C36H38N2O7S/c39-23-25-14-16-27(17-15-25)32-21-31(24-46-34-12-3-4-18-38(34)43)44-36(45-32)30-10-6-9-29(20-30)28-8-5-7-26(19-28)22-37-33(40)11-1-2-13-35(41)42/h3-10,12,14-20,31-32,36,39H,1-2,11,13,21-24H2,(H,37,40)(H,41,42). The lowest BCUT2D eigenvalue weighted by molar-refractivity contribution is -0.645. The molecule has 0 saturated carbocycles. The Balaban J connectivity index is 1.29. The third-order valence-corrected chi connectivity index (χ3v) is 8.92. The molecular formula is C36H38N2O7S. The zero-order valence-electron chi connectivity index (χ0n) is 25.4. The Bertz CT molecular complexity index is 1610. The number of carbonyl (C=O) groups excluding carboxylic acids is 1. The van der Waals surface area contributed by atoms with Crippen LogP contribution < -0.4 is 10.0 Å². The summed E-state index contributed by atoms with van der Waals surface area (Å²) in [5.74, 6) is -0.379. The molecule has 3 unspecified atom stereocenters. The number of carbonyl (C=O) groups is 2. The lowest BCUT2D eigenvalue weighted by atomic mass is 9.99. The van der Waals surface area contributed by atoms with E-state index in [1.54, 1.807) is 12.1 Å². The van der Waals surface area contributed by atoms with Crippen molar-refractivity contribution in [2.45, 2.75) is 68.8 Å². The van der Waals surface area contributed by atoms with Crippen molar-refractivity contribution >= 4 is 23.6 Å². The van der Waals surface area contributed by atoms with E-state index in [4.69, 9.17) is 14.6 Å². The van der Waals surface area contributed by atoms with Crippen LogP contribution in [-0.4, -0.2) is 33.9 Å². The Labute approximate surface area is 272 Å². The molecule has 5 rings (SSSR count). The first kappa shape index (κ1) is 33.2. The fourth-order valence-electron chi connectivity index (χ4n) is 5.30. The van der Waals surface area contributed by atoms with E-state index in [0.29, 0.717) is 43.0 Å². The number of aromatic nitrogens is 1. The SMILES string of the molecule is O=C(O)CCCCC(=O)NCc1cccc(-c2cccc(C3OC(CSc4cccc[n+]4[O-])CC(c4ccc(CO)cc4)O3)c2)c1.